The van der Waals surface area contributed by atoms with Crippen molar-refractivity contribution in [2.24, 2.45) is 11.5 Å². The molecule has 0 radical (unpaired) electrons. The summed E-state index contributed by atoms with van der Waals surface area (Å²) in [6, 6.07) is 8.07. The first kappa shape index (κ1) is 19.8. The number of hydrogen-bond donors (Lipinski definition) is 5. The van der Waals surface area contributed by atoms with Gasteiger partial charge in [-0.15, -0.1) is 0 Å². The third-order valence-corrected chi connectivity index (χ3v) is 5.38. The van der Waals surface area contributed by atoms with Crippen molar-refractivity contribution in [2.45, 2.75) is 37.8 Å². The molecule has 30 heavy (non-hydrogen) atoms. The average Bonchev–Trinajstić information content (AvgIpc) is 2.71. The van der Waals surface area contributed by atoms with E-state index in [1.54, 1.807) is 18.3 Å². The van der Waals surface area contributed by atoms with E-state index in [1.807, 2.05) is 12.1 Å². The van der Waals surface area contributed by atoms with Crippen molar-refractivity contribution >= 4 is 39.8 Å². The summed E-state index contributed by atoms with van der Waals surface area (Å²) < 4.78 is 14.7. The third-order valence-electron chi connectivity index (χ3n) is 5.38. The molecule has 2 atom stereocenters. The van der Waals surface area contributed by atoms with Crippen molar-refractivity contribution in [2.75, 3.05) is 16.4 Å². The first-order valence-corrected chi connectivity index (χ1v) is 9.86. The highest BCUT2D eigenvalue weighted by molar-refractivity contribution is 5.99. The number of rotatable bonds is 5. The van der Waals surface area contributed by atoms with Crippen LogP contribution in [0.25, 0.3) is 10.9 Å². The number of hydrogen-bond acceptors (Lipinski definition) is 7. The Bertz CT molecular complexity index is 1100. The zero-order valence-electron chi connectivity index (χ0n) is 16.4. The fourth-order valence-corrected chi connectivity index (χ4v) is 3.82. The summed E-state index contributed by atoms with van der Waals surface area (Å²) in [5, 5.41) is 6.95. The summed E-state index contributed by atoms with van der Waals surface area (Å²) in [6.07, 6.45) is 5.43. The van der Waals surface area contributed by atoms with Crippen molar-refractivity contribution in [3.8, 4) is 0 Å². The van der Waals surface area contributed by atoms with Gasteiger partial charge in [-0.2, -0.15) is 0 Å². The predicted molar refractivity (Wildman–Crippen MR) is 116 cm³/mol. The molecule has 156 valence electrons. The van der Waals surface area contributed by atoms with E-state index in [0.717, 1.165) is 37.1 Å². The van der Waals surface area contributed by atoms with Crippen LogP contribution >= 0.6 is 0 Å². The molecule has 1 aromatic carbocycles. The molecule has 4 rings (SSSR count). The van der Waals surface area contributed by atoms with Crippen LogP contribution in [0.15, 0.2) is 36.5 Å². The van der Waals surface area contributed by atoms with Crippen molar-refractivity contribution in [1.29, 1.82) is 0 Å². The molecule has 1 aliphatic rings. The van der Waals surface area contributed by atoms with E-state index in [9.17, 15) is 9.18 Å². The Labute approximate surface area is 173 Å². The Kier molecular flexibility index (Phi) is 5.37. The average molecular weight is 409 g/mol. The van der Waals surface area contributed by atoms with Gasteiger partial charge in [0.15, 0.2) is 11.6 Å². The molecule has 0 saturated heterocycles. The zero-order chi connectivity index (χ0) is 21.3. The number of halogens is 1. The van der Waals surface area contributed by atoms with Crippen LogP contribution in [-0.2, 0) is 0 Å². The quantitative estimate of drug-likeness (QED) is 0.407. The van der Waals surface area contributed by atoms with Crippen LogP contribution in [-0.4, -0.2) is 28.0 Å². The van der Waals surface area contributed by atoms with E-state index in [-0.39, 0.29) is 29.3 Å². The second-order valence-corrected chi connectivity index (χ2v) is 7.54. The first-order valence-electron chi connectivity index (χ1n) is 9.86. The highest BCUT2D eigenvalue weighted by atomic mass is 19.1. The Balaban J connectivity index is 1.70. The van der Waals surface area contributed by atoms with Gasteiger partial charge in [0, 0.05) is 29.4 Å². The van der Waals surface area contributed by atoms with Crippen LogP contribution in [0.4, 0.5) is 27.4 Å². The van der Waals surface area contributed by atoms with Crippen LogP contribution < -0.4 is 27.8 Å². The molecule has 8 nitrogen and oxygen atoms in total. The van der Waals surface area contributed by atoms with Gasteiger partial charge in [0.1, 0.15) is 5.82 Å². The van der Waals surface area contributed by atoms with Gasteiger partial charge in [0.25, 0.3) is 5.91 Å². The molecule has 3 aromatic rings. The Morgan fingerprint density at radius 3 is 2.73 bits per heavy atom. The molecular formula is C21H24FN7O. The number of anilines is 4. The predicted octanol–water partition coefficient (Wildman–Crippen LogP) is 2.88. The number of nitrogens with zero attached hydrogens (tertiary/aromatic N) is 2. The minimum absolute atomic E-state index is 0.0280. The van der Waals surface area contributed by atoms with Gasteiger partial charge in [0.2, 0.25) is 0 Å². The van der Waals surface area contributed by atoms with Gasteiger partial charge in [-0.05, 0) is 37.1 Å². The van der Waals surface area contributed by atoms with Crippen LogP contribution in [0, 0.1) is 5.82 Å². The van der Waals surface area contributed by atoms with E-state index in [4.69, 9.17) is 17.2 Å². The van der Waals surface area contributed by atoms with Crippen molar-refractivity contribution in [3.05, 3.63) is 47.9 Å². The van der Waals surface area contributed by atoms with Gasteiger partial charge in [-0.25, -0.2) is 9.37 Å². The fraction of sp³-hybridized carbons (Fsp3) is 0.286. The lowest BCUT2D eigenvalue weighted by Crippen LogP contribution is -2.43. The molecule has 2 heterocycles. The number of nitrogen functional groups attached to an aromatic ring is 1. The molecule has 1 amide bonds. The molecule has 2 unspecified atom stereocenters. The summed E-state index contributed by atoms with van der Waals surface area (Å²) in [6.45, 7) is 0. The van der Waals surface area contributed by atoms with Crippen LogP contribution in [0.1, 0.15) is 36.0 Å². The van der Waals surface area contributed by atoms with Crippen LogP contribution in [0.5, 0.6) is 0 Å². The molecule has 9 heteroatoms. The summed E-state index contributed by atoms with van der Waals surface area (Å²) in [5.74, 6) is -1.28. The molecule has 1 saturated carbocycles. The lowest BCUT2D eigenvalue weighted by Gasteiger charge is -2.30. The largest absolute Gasteiger partial charge is 0.397 e. The van der Waals surface area contributed by atoms with E-state index >= 15 is 0 Å². The maximum atomic E-state index is 14.7. The topological polar surface area (TPSA) is 145 Å². The van der Waals surface area contributed by atoms with E-state index < -0.39 is 11.7 Å². The number of aromatic nitrogens is 2. The fourth-order valence-electron chi connectivity index (χ4n) is 3.82. The van der Waals surface area contributed by atoms with E-state index in [0.29, 0.717) is 16.9 Å². The molecule has 0 aliphatic heterocycles. The highest BCUT2D eigenvalue weighted by Gasteiger charge is 2.24. The third kappa shape index (κ3) is 3.97. The Hall–Kier alpha value is -3.46. The Morgan fingerprint density at radius 1 is 1.17 bits per heavy atom. The molecule has 8 N–H and O–H groups in total. The minimum Gasteiger partial charge on any atom is -0.397 e. The van der Waals surface area contributed by atoms with Gasteiger partial charge >= 0.3 is 0 Å². The second-order valence-electron chi connectivity index (χ2n) is 7.54. The lowest BCUT2D eigenvalue weighted by atomic mass is 9.91. The molecule has 0 bridgehead atoms. The number of amides is 1. The second kappa shape index (κ2) is 8.11. The lowest BCUT2D eigenvalue weighted by molar-refractivity contribution is 0.100. The smallest absolute Gasteiger partial charge is 0.252 e. The van der Waals surface area contributed by atoms with Crippen molar-refractivity contribution in [1.82, 2.24) is 9.97 Å². The van der Waals surface area contributed by atoms with Crippen molar-refractivity contribution in [3.63, 3.8) is 0 Å². The normalized spacial score (nSPS) is 18.9. The first-order chi connectivity index (χ1) is 14.4. The number of nitrogens with one attached hydrogen (secondary N) is 2. The number of nitrogens with two attached hydrogens (primary N) is 3. The van der Waals surface area contributed by atoms with Crippen LogP contribution in [0.2, 0.25) is 0 Å². The summed E-state index contributed by atoms with van der Waals surface area (Å²) >= 11 is 0. The maximum absolute atomic E-state index is 14.7. The summed E-state index contributed by atoms with van der Waals surface area (Å²) in [7, 11) is 0. The zero-order valence-corrected chi connectivity index (χ0v) is 16.4. The minimum atomic E-state index is -0.791. The highest BCUT2D eigenvalue weighted by Crippen LogP contribution is 2.29. The van der Waals surface area contributed by atoms with Gasteiger partial charge in [-0.1, -0.05) is 18.9 Å². The molecule has 1 aliphatic carbocycles. The molecular weight excluding hydrogens is 385 g/mol. The number of primary amides is 1. The standard InChI is InChI=1S/C21H24FN7O/c22-14-10-13(19(25)30)20(29-21(14)28-17-6-2-1-5-15(17)23)27-12-8-11-4-3-7-26-18(11)16(24)9-12/h3-4,7-10,15,17H,1-2,5-6,23-24H2,(H2,25,30)(H2,27,28,29). The summed E-state index contributed by atoms with van der Waals surface area (Å²) in [5.41, 5.74) is 19.4. The summed E-state index contributed by atoms with van der Waals surface area (Å²) in [4.78, 5) is 20.5. The monoisotopic (exact) mass is 409 g/mol. The number of benzene rings is 1. The van der Waals surface area contributed by atoms with Gasteiger partial charge < -0.3 is 27.8 Å². The molecule has 2 aromatic heterocycles. The number of carbonyl (C=O) groups excluding carboxylic acids is 1. The SMILES string of the molecule is NC(=O)c1cc(F)c(NC2CCCCC2N)nc1Nc1cc(N)c2ncccc2c1. The van der Waals surface area contributed by atoms with Gasteiger partial charge in [-0.3, -0.25) is 9.78 Å². The molecule has 0 spiro atoms. The maximum Gasteiger partial charge on any atom is 0.252 e. The number of pyridine rings is 2. The van der Waals surface area contributed by atoms with Crippen LogP contribution in [0.3, 0.4) is 0 Å². The Morgan fingerprint density at radius 2 is 1.97 bits per heavy atom. The number of fused-ring (bicyclic) bond motifs is 1. The van der Waals surface area contributed by atoms with E-state index in [2.05, 4.69) is 20.6 Å². The van der Waals surface area contributed by atoms with Gasteiger partial charge in [0.05, 0.1) is 16.8 Å². The molecule has 1 fully saturated rings. The van der Waals surface area contributed by atoms with E-state index in [1.165, 1.54) is 0 Å². The van der Waals surface area contributed by atoms with Crippen molar-refractivity contribution < 1.29 is 9.18 Å². The number of carbonyl (C=O) groups is 1.